The van der Waals surface area contributed by atoms with E-state index in [1.165, 1.54) is 11.1 Å². The van der Waals surface area contributed by atoms with Gasteiger partial charge in [0.1, 0.15) is 11.5 Å². The van der Waals surface area contributed by atoms with E-state index < -0.39 is 0 Å². The lowest BCUT2D eigenvalue weighted by Crippen LogP contribution is -2.00. The lowest BCUT2D eigenvalue weighted by atomic mass is 10.0. The summed E-state index contributed by atoms with van der Waals surface area (Å²) in [6.07, 6.45) is 2.15. The highest BCUT2D eigenvalue weighted by Crippen LogP contribution is 2.18. The Labute approximate surface area is 137 Å². The van der Waals surface area contributed by atoms with E-state index >= 15 is 0 Å². The van der Waals surface area contributed by atoms with Crippen LogP contribution in [0, 0.1) is 0 Å². The van der Waals surface area contributed by atoms with Gasteiger partial charge in [0.15, 0.2) is 0 Å². The highest BCUT2D eigenvalue weighted by atomic mass is 16.5. The van der Waals surface area contributed by atoms with Crippen molar-refractivity contribution in [1.29, 1.82) is 0 Å². The van der Waals surface area contributed by atoms with Crippen LogP contribution in [0.4, 0.5) is 0 Å². The van der Waals surface area contributed by atoms with Crippen molar-refractivity contribution in [2.45, 2.75) is 19.3 Å². The highest BCUT2D eigenvalue weighted by molar-refractivity contribution is 5.34. The van der Waals surface area contributed by atoms with Crippen molar-refractivity contribution in [1.82, 2.24) is 0 Å². The molecule has 0 aliphatic heterocycles. The molecular formula is C19H24O4. The maximum atomic E-state index is 8.73. The Morgan fingerprint density at radius 2 is 1.00 bits per heavy atom. The smallest absolute Gasteiger partial charge is 0.119 e. The molecule has 0 spiro atoms. The van der Waals surface area contributed by atoms with Gasteiger partial charge in [-0.1, -0.05) is 24.3 Å². The first-order valence-electron chi connectivity index (χ1n) is 7.97. The van der Waals surface area contributed by atoms with Gasteiger partial charge in [0, 0.05) is 26.1 Å². The molecule has 124 valence electrons. The zero-order valence-corrected chi connectivity index (χ0v) is 13.3. The minimum atomic E-state index is 0.151. The number of hydrogen-bond acceptors (Lipinski definition) is 4. The summed E-state index contributed by atoms with van der Waals surface area (Å²) >= 11 is 0. The lowest BCUT2D eigenvalue weighted by Gasteiger charge is -2.08. The van der Waals surface area contributed by atoms with Crippen LogP contribution in [0.25, 0.3) is 0 Å². The molecule has 0 unspecified atom stereocenters. The van der Waals surface area contributed by atoms with Crippen molar-refractivity contribution in [3.05, 3.63) is 59.7 Å². The zero-order chi connectivity index (χ0) is 16.3. The van der Waals surface area contributed by atoms with Gasteiger partial charge in [-0.2, -0.15) is 0 Å². The molecule has 2 aromatic carbocycles. The Kier molecular flexibility index (Phi) is 7.43. The molecule has 0 saturated heterocycles. The monoisotopic (exact) mass is 316 g/mol. The van der Waals surface area contributed by atoms with Crippen LogP contribution < -0.4 is 9.47 Å². The van der Waals surface area contributed by atoms with Gasteiger partial charge in [-0.05, 0) is 41.8 Å². The second-order valence-electron chi connectivity index (χ2n) is 5.32. The summed E-state index contributed by atoms with van der Waals surface area (Å²) in [6, 6.07) is 16.1. The van der Waals surface area contributed by atoms with Crippen LogP contribution >= 0.6 is 0 Å². The fraction of sp³-hybridized carbons (Fsp3) is 0.368. The van der Waals surface area contributed by atoms with Crippen molar-refractivity contribution >= 4 is 0 Å². The van der Waals surface area contributed by atoms with Crippen LogP contribution in [-0.4, -0.2) is 36.6 Å². The van der Waals surface area contributed by atoms with Gasteiger partial charge in [0.05, 0.1) is 13.2 Å². The van der Waals surface area contributed by atoms with E-state index in [1.807, 2.05) is 24.3 Å². The molecule has 4 nitrogen and oxygen atoms in total. The lowest BCUT2D eigenvalue weighted by molar-refractivity contribution is 0.233. The van der Waals surface area contributed by atoms with E-state index in [0.29, 0.717) is 26.1 Å². The highest BCUT2D eigenvalue weighted by Gasteiger charge is 2.00. The number of benzene rings is 2. The largest absolute Gasteiger partial charge is 0.494 e. The predicted molar refractivity (Wildman–Crippen MR) is 90.1 cm³/mol. The fourth-order valence-electron chi connectivity index (χ4n) is 2.15. The summed E-state index contributed by atoms with van der Waals surface area (Å²) in [5.74, 6) is 1.66. The zero-order valence-electron chi connectivity index (χ0n) is 13.3. The van der Waals surface area contributed by atoms with Gasteiger partial charge in [0.25, 0.3) is 0 Å². The van der Waals surface area contributed by atoms with Crippen molar-refractivity contribution in [2.75, 3.05) is 26.4 Å². The SMILES string of the molecule is OCCCOc1ccc(Cc2ccc(OCCCO)cc2)cc1. The Bertz CT molecular complexity index is 497. The number of ether oxygens (including phenoxy) is 2. The maximum Gasteiger partial charge on any atom is 0.119 e. The van der Waals surface area contributed by atoms with Crippen LogP contribution in [0.15, 0.2) is 48.5 Å². The first-order valence-corrected chi connectivity index (χ1v) is 7.97. The van der Waals surface area contributed by atoms with Crippen LogP contribution in [-0.2, 0) is 6.42 Å². The molecule has 0 fully saturated rings. The molecule has 0 atom stereocenters. The Morgan fingerprint density at radius 3 is 1.35 bits per heavy atom. The first-order chi connectivity index (χ1) is 11.3. The van der Waals surface area contributed by atoms with Gasteiger partial charge < -0.3 is 19.7 Å². The average Bonchev–Trinajstić information content (AvgIpc) is 2.58. The third kappa shape index (κ3) is 6.30. The predicted octanol–water partition coefficient (Wildman–Crippen LogP) is 2.80. The molecule has 0 heterocycles. The fourth-order valence-corrected chi connectivity index (χ4v) is 2.15. The molecule has 2 N–H and O–H groups in total. The van der Waals surface area contributed by atoms with E-state index in [0.717, 1.165) is 17.9 Å². The summed E-state index contributed by atoms with van der Waals surface area (Å²) in [7, 11) is 0. The number of aliphatic hydroxyl groups excluding tert-OH is 2. The van der Waals surface area contributed by atoms with Crippen LogP contribution in [0.3, 0.4) is 0 Å². The molecule has 2 aromatic rings. The standard InChI is InChI=1S/C19H24O4/c20-11-1-13-22-18-7-3-16(4-8-18)15-17-5-9-19(10-6-17)23-14-2-12-21/h3-10,20-21H,1-2,11-15H2. The molecule has 0 bridgehead atoms. The Hall–Kier alpha value is -2.04. The van der Waals surface area contributed by atoms with E-state index in [4.69, 9.17) is 19.7 Å². The Balaban J connectivity index is 1.84. The molecule has 0 amide bonds. The summed E-state index contributed by atoms with van der Waals surface area (Å²) in [4.78, 5) is 0. The van der Waals surface area contributed by atoms with Crippen LogP contribution in [0.2, 0.25) is 0 Å². The Morgan fingerprint density at radius 1 is 0.609 bits per heavy atom. The topological polar surface area (TPSA) is 58.9 Å². The molecule has 0 radical (unpaired) electrons. The first kappa shape index (κ1) is 17.3. The maximum absolute atomic E-state index is 8.73. The quantitative estimate of drug-likeness (QED) is 0.662. The van der Waals surface area contributed by atoms with Crippen molar-refractivity contribution in [2.24, 2.45) is 0 Å². The van der Waals surface area contributed by atoms with Gasteiger partial charge in [-0.3, -0.25) is 0 Å². The van der Waals surface area contributed by atoms with E-state index in [9.17, 15) is 0 Å². The summed E-state index contributed by atoms with van der Waals surface area (Å²) in [6.45, 7) is 1.37. The average molecular weight is 316 g/mol. The molecule has 23 heavy (non-hydrogen) atoms. The number of hydrogen-bond donors (Lipinski definition) is 2. The van der Waals surface area contributed by atoms with Crippen molar-refractivity contribution in [3.63, 3.8) is 0 Å². The number of aliphatic hydroxyl groups is 2. The molecule has 0 aliphatic carbocycles. The summed E-state index contributed by atoms with van der Waals surface area (Å²) in [5, 5.41) is 17.5. The van der Waals surface area contributed by atoms with Gasteiger partial charge in [-0.25, -0.2) is 0 Å². The third-order valence-electron chi connectivity index (χ3n) is 3.40. The molecule has 4 heteroatoms. The van der Waals surface area contributed by atoms with Crippen molar-refractivity contribution < 1.29 is 19.7 Å². The van der Waals surface area contributed by atoms with Crippen molar-refractivity contribution in [3.8, 4) is 11.5 Å². The van der Waals surface area contributed by atoms with Gasteiger partial charge >= 0.3 is 0 Å². The minimum absolute atomic E-state index is 0.151. The molecule has 2 rings (SSSR count). The van der Waals surface area contributed by atoms with Gasteiger partial charge in [-0.15, -0.1) is 0 Å². The van der Waals surface area contributed by atoms with Crippen LogP contribution in [0.1, 0.15) is 24.0 Å². The van der Waals surface area contributed by atoms with E-state index in [2.05, 4.69) is 24.3 Å². The molecular weight excluding hydrogens is 292 g/mol. The molecule has 0 aromatic heterocycles. The molecule has 0 aliphatic rings. The summed E-state index contributed by atoms with van der Waals surface area (Å²) < 4.78 is 11.0. The molecule has 0 saturated carbocycles. The van der Waals surface area contributed by atoms with E-state index in [1.54, 1.807) is 0 Å². The second kappa shape index (κ2) is 9.87. The minimum Gasteiger partial charge on any atom is -0.494 e. The van der Waals surface area contributed by atoms with Gasteiger partial charge in [0.2, 0.25) is 0 Å². The normalized spacial score (nSPS) is 10.5. The third-order valence-corrected chi connectivity index (χ3v) is 3.40. The van der Waals surface area contributed by atoms with Crippen LogP contribution in [0.5, 0.6) is 11.5 Å². The second-order valence-corrected chi connectivity index (χ2v) is 5.32. The summed E-state index contributed by atoms with van der Waals surface area (Å²) in [5.41, 5.74) is 2.43. The number of rotatable bonds is 10. The van der Waals surface area contributed by atoms with E-state index in [-0.39, 0.29) is 13.2 Å².